The molecule has 1 saturated heterocycles. The van der Waals surface area contributed by atoms with E-state index in [1.165, 1.54) is 19.1 Å². The zero-order valence-electron chi connectivity index (χ0n) is 12.6. The van der Waals surface area contributed by atoms with E-state index in [-0.39, 0.29) is 17.2 Å². The van der Waals surface area contributed by atoms with Gasteiger partial charge in [-0.2, -0.15) is 0 Å². The Kier molecular flexibility index (Phi) is 4.55. The summed E-state index contributed by atoms with van der Waals surface area (Å²) in [6.07, 6.45) is 2.36. The maximum Gasteiger partial charge on any atom is 0.308 e. The van der Waals surface area contributed by atoms with Crippen molar-refractivity contribution in [3.63, 3.8) is 0 Å². The number of piperidine rings is 1. The third kappa shape index (κ3) is 3.47. The maximum atomic E-state index is 12.0. The molecule has 1 aromatic carbocycles. The van der Waals surface area contributed by atoms with E-state index in [0.717, 1.165) is 6.26 Å². The lowest BCUT2D eigenvalue weighted by Crippen LogP contribution is -2.39. The van der Waals surface area contributed by atoms with E-state index >= 15 is 0 Å². The van der Waals surface area contributed by atoms with Crippen LogP contribution in [-0.4, -0.2) is 44.6 Å². The molecular weight excluding hydrogens is 306 g/mol. The molecule has 1 aromatic rings. The molecule has 1 N–H and O–H groups in total. The first kappa shape index (κ1) is 16.5. The molecule has 1 atom stereocenters. The van der Waals surface area contributed by atoms with Crippen molar-refractivity contribution in [2.45, 2.75) is 24.7 Å². The number of carboxylic acids is 1. The first-order valence-corrected chi connectivity index (χ1v) is 8.92. The third-order valence-electron chi connectivity index (χ3n) is 3.88. The van der Waals surface area contributed by atoms with Crippen molar-refractivity contribution in [2.75, 3.05) is 24.2 Å². The molecule has 1 aliphatic heterocycles. The number of rotatable bonds is 4. The molecule has 6 nitrogen and oxygen atoms in total. The number of ketones is 1. The number of carbonyl (C=O) groups is 2. The second-order valence-electron chi connectivity index (χ2n) is 5.63. The summed E-state index contributed by atoms with van der Waals surface area (Å²) in [5, 5.41) is 9.18. The van der Waals surface area contributed by atoms with E-state index in [2.05, 4.69) is 0 Å². The van der Waals surface area contributed by atoms with Crippen molar-refractivity contribution in [3.8, 4) is 0 Å². The van der Waals surface area contributed by atoms with Crippen LogP contribution >= 0.6 is 0 Å². The van der Waals surface area contributed by atoms with E-state index < -0.39 is 21.7 Å². The molecule has 2 rings (SSSR count). The molecule has 1 unspecified atom stereocenters. The summed E-state index contributed by atoms with van der Waals surface area (Å²) in [7, 11) is -3.46. The van der Waals surface area contributed by atoms with Crippen LogP contribution in [0.5, 0.6) is 0 Å². The minimum Gasteiger partial charge on any atom is -0.481 e. The number of aliphatic carboxylic acids is 1. The maximum absolute atomic E-state index is 12.0. The number of nitrogens with zero attached hydrogens (tertiary/aromatic N) is 1. The highest BCUT2D eigenvalue weighted by Gasteiger charge is 2.28. The number of hydrogen-bond donors (Lipinski definition) is 1. The molecule has 1 heterocycles. The Morgan fingerprint density at radius 1 is 1.32 bits per heavy atom. The fraction of sp³-hybridized carbons (Fsp3) is 0.467. The minimum absolute atomic E-state index is 0.128. The second kappa shape index (κ2) is 6.08. The number of benzene rings is 1. The number of hydrogen-bond acceptors (Lipinski definition) is 5. The van der Waals surface area contributed by atoms with Crippen molar-refractivity contribution >= 4 is 27.3 Å². The molecule has 120 valence electrons. The third-order valence-corrected chi connectivity index (χ3v) is 5.02. The van der Waals surface area contributed by atoms with Crippen LogP contribution < -0.4 is 4.90 Å². The fourth-order valence-corrected chi connectivity index (χ4v) is 3.58. The number of anilines is 1. The molecule has 0 radical (unpaired) electrons. The minimum atomic E-state index is -3.46. The average Bonchev–Trinajstić information content (AvgIpc) is 2.45. The summed E-state index contributed by atoms with van der Waals surface area (Å²) in [6.45, 7) is 2.24. The number of Topliss-reactive ketones (excluding diaryl/α,β-unsaturated/α-hetero) is 1. The quantitative estimate of drug-likeness (QED) is 0.845. The number of carboxylic acid groups (broad SMARTS) is 1. The molecule has 0 saturated carbocycles. The van der Waals surface area contributed by atoms with Crippen molar-refractivity contribution in [1.29, 1.82) is 0 Å². The van der Waals surface area contributed by atoms with Crippen LogP contribution in [-0.2, 0) is 14.6 Å². The molecule has 7 heteroatoms. The van der Waals surface area contributed by atoms with Gasteiger partial charge in [-0.15, -0.1) is 0 Å². The lowest BCUT2D eigenvalue weighted by Gasteiger charge is -2.33. The number of sulfone groups is 1. The van der Waals surface area contributed by atoms with E-state index in [9.17, 15) is 23.1 Å². The highest BCUT2D eigenvalue weighted by Crippen LogP contribution is 2.30. The van der Waals surface area contributed by atoms with E-state index in [0.29, 0.717) is 30.6 Å². The summed E-state index contributed by atoms with van der Waals surface area (Å²) in [4.78, 5) is 24.6. The van der Waals surface area contributed by atoms with Crippen LogP contribution in [0.25, 0.3) is 0 Å². The molecule has 0 bridgehead atoms. The van der Waals surface area contributed by atoms with Crippen LogP contribution in [0.2, 0.25) is 0 Å². The summed E-state index contributed by atoms with van der Waals surface area (Å²) in [6, 6.07) is 4.45. The standard InChI is InChI=1S/C15H19NO5S/c1-10(17)11-5-6-14(22(2,20)21)13(8-11)16-7-3-4-12(9-16)15(18)19/h5-6,8,12H,3-4,7,9H2,1-2H3,(H,18,19). The Bertz CT molecular complexity index is 711. The van der Waals surface area contributed by atoms with Gasteiger partial charge in [-0.3, -0.25) is 9.59 Å². The largest absolute Gasteiger partial charge is 0.481 e. The van der Waals surface area contributed by atoms with Gasteiger partial charge in [0.2, 0.25) is 0 Å². The van der Waals surface area contributed by atoms with Crippen LogP contribution in [0.4, 0.5) is 5.69 Å². The Morgan fingerprint density at radius 3 is 2.55 bits per heavy atom. The Labute approximate surface area is 129 Å². The topological polar surface area (TPSA) is 91.8 Å². The van der Waals surface area contributed by atoms with E-state index in [1.54, 1.807) is 11.0 Å². The molecule has 1 fully saturated rings. The number of carbonyl (C=O) groups excluding carboxylic acids is 1. The van der Waals surface area contributed by atoms with Gasteiger partial charge in [0.25, 0.3) is 0 Å². The van der Waals surface area contributed by atoms with Gasteiger partial charge in [0.15, 0.2) is 15.6 Å². The predicted molar refractivity (Wildman–Crippen MR) is 82.1 cm³/mol. The van der Waals surface area contributed by atoms with Crippen molar-refractivity contribution < 1.29 is 23.1 Å². The first-order chi connectivity index (χ1) is 10.2. The van der Waals surface area contributed by atoms with Crippen LogP contribution in [0.1, 0.15) is 30.1 Å². The van der Waals surface area contributed by atoms with Gasteiger partial charge in [-0.25, -0.2) is 8.42 Å². The Morgan fingerprint density at radius 2 is 2.00 bits per heavy atom. The van der Waals surface area contributed by atoms with Crippen LogP contribution in [0.3, 0.4) is 0 Å². The van der Waals surface area contributed by atoms with Gasteiger partial charge in [0, 0.05) is 24.9 Å². The first-order valence-electron chi connectivity index (χ1n) is 7.03. The average molecular weight is 325 g/mol. The molecule has 0 aromatic heterocycles. The van der Waals surface area contributed by atoms with Gasteiger partial charge < -0.3 is 10.0 Å². The highest BCUT2D eigenvalue weighted by molar-refractivity contribution is 7.90. The Balaban J connectivity index is 2.49. The van der Waals surface area contributed by atoms with E-state index in [1.807, 2.05) is 0 Å². The summed E-state index contributed by atoms with van der Waals surface area (Å²) >= 11 is 0. The van der Waals surface area contributed by atoms with Crippen molar-refractivity contribution in [1.82, 2.24) is 0 Å². The summed E-state index contributed by atoms with van der Waals surface area (Å²) < 4.78 is 23.9. The molecule has 0 amide bonds. The van der Waals surface area contributed by atoms with Crippen LogP contribution in [0.15, 0.2) is 23.1 Å². The smallest absolute Gasteiger partial charge is 0.308 e. The lowest BCUT2D eigenvalue weighted by molar-refractivity contribution is -0.141. The summed E-state index contributed by atoms with van der Waals surface area (Å²) in [5.74, 6) is -1.57. The zero-order valence-corrected chi connectivity index (χ0v) is 13.4. The van der Waals surface area contributed by atoms with Gasteiger partial charge in [0.1, 0.15) is 0 Å². The van der Waals surface area contributed by atoms with Gasteiger partial charge in [0.05, 0.1) is 16.5 Å². The summed E-state index contributed by atoms with van der Waals surface area (Å²) in [5.41, 5.74) is 0.834. The van der Waals surface area contributed by atoms with Crippen LogP contribution in [0, 0.1) is 5.92 Å². The highest BCUT2D eigenvalue weighted by atomic mass is 32.2. The SMILES string of the molecule is CC(=O)c1ccc(S(C)(=O)=O)c(N2CCCC(C(=O)O)C2)c1. The normalized spacial score (nSPS) is 19.0. The molecule has 22 heavy (non-hydrogen) atoms. The van der Waals surface area contributed by atoms with Crippen molar-refractivity contribution in [3.05, 3.63) is 23.8 Å². The fourth-order valence-electron chi connectivity index (χ4n) is 2.69. The van der Waals surface area contributed by atoms with E-state index in [4.69, 9.17) is 0 Å². The molecule has 0 aliphatic carbocycles. The van der Waals surface area contributed by atoms with Gasteiger partial charge in [-0.1, -0.05) is 0 Å². The van der Waals surface area contributed by atoms with Gasteiger partial charge >= 0.3 is 5.97 Å². The van der Waals surface area contributed by atoms with Crippen molar-refractivity contribution in [2.24, 2.45) is 5.92 Å². The molecular formula is C15H19NO5S. The zero-order chi connectivity index (χ0) is 16.5. The predicted octanol–water partition coefficient (Wildman–Crippen LogP) is 1.59. The Hall–Kier alpha value is -1.89. The second-order valence-corrected chi connectivity index (χ2v) is 7.62. The monoisotopic (exact) mass is 325 g/mol. The molecule has 0 spiro atoms. The van der Waals surface area contributed by atoms with Gasteiger partial charge in [-0.05, 0) is 38.0 Å². The molecule has 1 aliphatic rings. The lowest BCUT2D eigenvalue weighted by atomic mass is 9.97.